The number of urea groups is 1. The topological polar surface area (TPSA) is 76.2 Å². The number of hydrogen-bond acceptors (Lipinski definition) is 5. The Morgan fingerprint density at radius 3 is 2.29 bits per heavy atom. The maximum absolute atomic E-state index is 13.9. The molecule has 4 amide bonds. The molecule has 190 valence electrons. The van der Waals surface area contributed by atoms with Gasteiger partial charge in [0.25, 0.3) is 11.8 Å². The number of imide groups is 2. The van der Waals surface area contributed by atoms with Gasteiger partial charge >= 0.3 is 6.03 Å². The highest BCUT2D eigenvalue weighted by atomic mass is 16.5. The molecule has 0 saturated carbocycles. The van der Waals surface area contributed by atoms with Crippen LogP contribution < -0.4 is 19.3 Å². The van der Waals surface area contributed by atoms with Crippen molar-refractivity contribution < 1.29 is 23.9 Å². The standard InChI is InChI=1S/C31H26N2O5/c1-4-38-27-16-15-21(19-28(27)37-3)18-25-29(34)32(23-12-7-9-20(2)17-23)31(36)33(30(25)35)26-14-8-11-22-10-5-6-13-24(22)26/h5-19H,4H2,1-3H3/b25-18+. The Labute approximate surface area is 220 Å². The Morgan fingerprint density at radius 1 is 0.789 bits per heavy atom. The average Bonchev–Trinajstić information content (AvgIpc) is 2.92. The van der Waals surface area contributed by atoms with E-state index in [-0.39, 0.29) is 5.57 Å². The van der Waals surface area contributed by atoms with Gasteiger partial charge in [0, 0.05) is 5.39 Å². The molecule has 4 aromatic rings. The fraction of sp³-hybridized carbons (Fsp3) is 0.129. The van der Waals surface area contributed by atoms with Crippen LogP contribution in [0.3, 0.4) is 0 Å². The van der Waals surface area contributed by atoms with Crippen molar-refractivity contribution in [1.82, 2.24) is 0 Å². The summed E-state index contributed by atoms with van der Waals surface area (Å²) in [6.07, 6.45) is 1.48. The molecule has 0 aliphatic carbocycles. The van der Waals surface area contributed by atoms with Crippen LogP contribution in [0.2, 0.25) is 0 Å². The lowest BCUT2D eigenvalue weighted by Crippen LogP contribution is -2.57. The number of ether oxygens (including phenoxy) is 2. The summed E-state index contributed by atoms with van der Waals surface area (Å²) in [6.45, 7) is 4.20. The number of methoxy groups -OCH3 is 1. The lowest BCUT2D eigenvalue weighted by molar-refractivity contribution is -0.121. The minimum absolute atomic E-state index is 0.148. The highest BCUT2D eigenvalue weighted by Crippen LogP contribution is 2.35. The van der Waals surface area contributed by atoms with Gasteiger partial charge in [-0.1, -0.05) is 54.6 Å². The van der Waals surface area contributed by atoms with E-state index in [1.807, 2.05) is 50.2 Å². The predicted octanol–water partition coefficient (Wildman–Crippen LogP) is 6.14. The summed E-state index contributed by atoms with van der Waals surface area (Å²) in [5.74, 6) is -0.384. The Kier molecular flexibility index (Phi) is 6.66. The van der Waals surface area contributed by atoms with Crippen molar-refractivity contribution in [3.63, 3.8) is 0 Å². The van der Waals surface area contributed by atoms with Gasteiger partial charge in [-0.05, 0) is 66.8 Å². The van der Waals surface area contributed by atoms with Crippen LogP contribution in [-0.2, 0) is 9.59 Å². The number of anilines is 2. The van der Waals surface area contributed by atoms with Crippen LogP contribution in [0.5, 0.6) is 11.5 Å². The lowest BCUT2D eigenvalue weighted by atomic mass is 10.0. The van der Waals surface area contributed by atoms with Gasteiger partial charge in [-0.15, -0.1) is 0 Å². The van der Waals surface area contributed by atoms with E-state index in [0.717, 1.165) is 26.1 Å². The third kappa shape index (κ3) is 4.39. The quantitative estimate of drug-likeness (QED) is 0.232. The number of fused-ring (bicyclic) bond motifs is 1. The second kappa shape index (κ2) is 10.2. The summed E-state index contributed by atoms with van der Waals surface area (Å²) in [5.41, 5.74) is 2.06. The number of carbonyl (C=O) groups excluding carboxylic acids is 3. The third-order valence-electron chi connectivity index (χ3n) is 6.32. The van der Waals surface area contributed by atoms with Crippen molar-refractivity contribution in [1.29, 1.82) is 0 Å². The Morgan fingerprint density at radius 2 is 1.53 bits per heavy atom. The zero-order valence-electron chi connectivity index (χ0n) is 21.3. The van der Waals surface area contributed by atoms with Gasteiger partial charge in [-0.3, -0.25) is 9.59 Å². The number of nitrogens with zero attached hydrogens (tertiary/aromatic N) is 2. The summed E-state index contributed by atoms with van der Waals surface area (Å²) in [4.78, 5) is 43.6. The number of barbiturate groups is 1. The molecule has 0 unspecified atom stereocenters. The van der Waals surface area contributed by atoms with E-state index in [1.165, 1.54) is 13.2 Å². The van der Waals surface area contributed by atoms with E-state index in [0.29, 0.717) is 35.0 Å². The number of amides is 4. The molecule has 0 aromatic heterocycles. The van der Waals surface area contributed by atoms with E-state index < -0.39 is 17.8 Å². The molecule has 0 spiro atoms. The van der Waals surface area contributed by atoms with Crippen LogP contribution in [-0.4, -0.2) is 31.6 Å². The summed E-state index contributed by atoms with van der Waals surface area (Å²) >= 11 is 0. The fourth-order valence-electron chi connectivity index (χ4n) is 4.56. The normalized spacial score (nSPS) is 14.9. The van der Waals surface area contributed by atoms with Gasteiger partial charge in [0.2, 0.25) is 0 Å². The first kappa shape index (κ1) is 24.8. The molecule has 0 atom stereocenters. The molecule has 38 heavy (non-hydrogen) atoms. The second-order valence-electron chi connectivity index (χ2n) is 8.80. The highest BCUT2D eigenvalue weighted by Gasteiger charge is 2.44. The second-order valence-corrected chi connectivity index (χ2v) is 8.80. The average molecular weight is 507 g/mol. The van der Waals surface area contributed by atoms with Gasteiger partial charge in [-0.2, -0.15) is 0 Å². The van der Waals surface area contributed by atoms with E-state index in [2.05, 4.69) is 0 Å². The largest absolute Gasteiger partial charge is 0.493 e. The van der Waals surface area contributed by atoms with E-state index >= 15 is 0 Å². The molecule has 4 aromatic carbocycles. The molecule has 1 aliphatic rings. The Balaban J connectivity index is 1.69. The monoisotopic (exact) mass is 506 g/mol. The zero-order valence-corrected chi connectivity index (χ0v) is 21.3. The molecular formula is C31H26N2O5. The first-order valence-corrected chi connectivity index (χ1v) is 12.2. The zero-order chi connectivity index (χ0) is 26.8. The van der Waals surface area contributed by atoms with Crippen LogP contribution in [0.25, 0.3) is 16.8 Å². The van der Waals surface area contributed by atoms with Crippen LogP contribution in [0.4, 0.5) is 16.2 Å². The van der Waals surface area contributed by atoms with Crippen molar-refractivity contribution >= 4 is 46.1 Å². The fourth-order valence-corrected chi connectivity index (χ4v) is 4.56. The highest BCUT2D eigenvalue weighted by molar-refractivity contribution is 6.46. The third-order valence-corrected chi connectivity index (χ3v) is 6.32. The summed E-state index contributed by atoms with van der Waals surface area (Å²) in [7, 11) is 1.52. The minimum Gasteiger partial charge on any atom is -0.493 e. The molecule has 0 bridgehead atoms. The van der Waals surface area contributed by atoms with Crippen LogP contribution in [0, 0.1) is 6.92 Å². The molecule has 1 aliphatic heterocycles. The van der Waals surface area contributed by atoms with Crippen LogP contribution >= 0.6 is 0 Å². The number of rotatable bonds is 6. The number of hydrogen-bond donors (Lipinski definition) is 0. The van der Waals surface area contributed by atoms with Crippen molar-refractivity contribution in [2.45, 2.75) is 13.8 Å². The number of carbonyl (C=O) groups is 3. The van der Waals surface area contributed by atoms with Gasteiger partial charge < -0.3 is 9.47 Å². The summed E-state index contributed by atoms with van der Waals surface area (Å²) in [6, 6.07) is 24.4. The van der Waals surface area contributed by atoms with Gasteiger partial charge in [0.1, 0.15) is 5.57 Å². The van der Waals surface area contributed by atoms with Crippen LogP contribution in [0.1, 0.15) is 18.1 Å². The molecule has 1 saturated heterocycles. The molecule has 5 rings (SSSR count). The minimum atomic E-state index is -0.733. The predicted molar refractivity (Wildman–Crippen MR) is 148 cm³/mol. The van der Waals surface area contributed by atoms with Crippen LogP contribution in [0.15, 0.2) is 90.5 Å². The van der Waals surface area contributed by atoms with Gasteiger partial charge in [0.15, 0.2) is 11.5 Å². The smallest absolute Gasteiger partial charge is 0.343 e. The SMILES string of the molecule is CCOc1ccc(/C=C2\C(=O)N(c3cccc(C)c3)C(=O)N(c3cccc4ccccc34)C2=O)cc1OC. The first-order valence-electron chi connectivity index (χ1n) is 12.2. The first-order chi connectivity index (χ1) is 18.4. The number of benzene rings is 4. The maximum Gasteiger partial charge on any atom is 0.343 e. The summed E-state index contributed by atoms with van der Waals surface area (Å²) in [5, 5.41) is 1.59. The molecule has 7 heteroatoms. The maximum atomic E-state index is 13.9. The van der Waals surface area contributed by atoms with E-state index in [1.54, 1.807) is 48.5 Å². The van der Waals surface area contributed by atoms with Crippen molar-refractivity contribution in [2.24, 2.45) is 0 Å². The van der Waals surface area contributed by atoms with Gasteiger partial charge in [-0.25, -0.2) is 14.6 Å². The van der Waals surface area contributed by atoms with Gasteiger partial charge in [0.05, 0.1) is 25.1 Å². The van der Waals surface area contributed by atoms with Crippen molar-refractivity contribution in [2.75, 3.05) is 23.5 Å². The lowest BCUT2D eigenvalue weighted by Gasteiger charge is -2.34. The summed E-state index contributed by atoms with van der Waals surface area (Å²) < 4.78 is 11.0. The molecule has 0 N–H and O–H groups in total. The molecule has 1 fully saturated rings. The molecular weight excluding hydrogens is 480 g/mol. The Bertz CT molecular complexity index is 1600. The Hall–Kier alpha value is -4.91. The molecule has 1 heterocycles. The van der Waals surface area contributed by atoms with E-state index in [4.69, 9.17) is 9.47 Å². The molecule has 0 radical (unpaired) electrons. The number of aryl methyl sites for hydroxylation is 1. The molecule has 7 nitrogen and oxygen atoms in total. The van der Waals surface area contributed by atoms with E-state index in [9.17, 15) is 14.4 Å². The van der Waals surface area contributed by atoms with Crippen molar-refractivity contribution in [3.05, 3.63) is 102 Å². The van der Waals surface area contributed by atoms with Crippen molar-refractivity contribution in [3.8, 4) is 11.5 Å².